The van der Waals surface area contributed by atoms with Gasteiger partial charge in [0.2, 0.25) is 11.8 Å². The minimum absolute atomic E-state index is 0.0768. The zero-order valence-corrected chi connectivity index (χ0v) is 10.8. The predicted molar refractivity (Wildman–Crippen MR) is 70.6 cm³/mol. The van der Waals surface area contributed by atoms with E-state index < -0.39 is 11.8 Å². The molecule has 1 aromatic carbocycles. The fourth-order valence-electron chi connectivity index (χ4n) is 1.89. The van der Waals surface area contributed by atoms with Crippen LogP contribution in [0, 0.1) is 5.92 Å². The lowest BCUT2D eigenvalue weighted by Gasteiger charge is -2.20. The van der Waals surface area contributed by atoms with E-state index in [1.807, 2.05) is 37.3 Å². The predicted octanol–water partition coefficient (Wildman–Crippen LogP) is 1.77. The van der Waals surface area contributed by atoms with Crippen LogP contribution in [-0.2, 0) is 9.59 Å². The van der Waals surface area contributed by atoms with E-state index in [1.165, 1.54) is 0 Å². The average Bonchev–Trinajstić information content (AvgIpc) is 2.37. The maximum Gasteiger partial charge on any atom is 0.233 e. The number of primary amides is 1. The number of carbonyl (C=O) groups is 2. The lowest BCUT2D eigenvalue weighted by Crippen LogP contribution is -2.40. The number of carbonyl (C=O) groups excluding carboxylic acids is 2. The first kappa shape index (κ1) is 14.2. The fourth-order valence-corrected chi connectivity index (χ4v) is 1.89. The number of amides is 2. The molecule has 1 rings (SSSR count). The third-order valence-corrected chi connectivity index (χ3v) is 2.99. The molecular weight excluding hydrogens is 228 g/mol. The highest BCUT2D eigenvalue weighted by atomic mass is 16.2. The van der Waals surface area contributed by atoms with Crippen molar-refractivity contribution in [2.45, 2.75) is 32.7 Å². The molecule has 0 unspecified atom stereocenters. The van der Waals surface area contributed by atoms with E-state index in [9.17, 15) is 9.59 Å². The van der Waals surface area contributed by atoms with E-state index in [0.29, 0.717) is 6.42 Å². The van der Waals surface area contributed by atoms with Crippen LogP contribution >= 0.6 is 0 Å². The van der Waals surface area contributed by atoms with E-state index in [2.05, 4.69) is 5.32 Å². The number of rotatable bonds is 6. The van der Waals surface area contributed by atoms with Crippen molar-refractivity contribution in [3.63, 3.8) is 0 Å². The first-order chi connectivity index (χ1) is 8.60. The summed E-state index contributed by atoms with van der Waals surface area (Å²) >= 11 is 0. The minimum atomic E-state index is -0.747. The van der Waals surface area contributed by atoms with Crippen molar-refractivity contribution < 1.29 is 9.59 Å². The molecule has 4 nitrogen and oxygen atoms in total. The summed E-state index contributed by atoms with van der Waals surface area (Å²) in [4.78, 5) is 23.1. The Bertz CT molecular complexity index is 404. The number of nitrogens with two attached hydrogens (primary N) is 1. The Kier molecular flexibility index (Phi) is 5.36. The molecule has 0 saturated carbocycles. The molecule has 2 atom stereocenters. The summed E-state index contributed by atoms with van der Waals surface area (Å²) in [5.41, 5.74) is 6.24. The van der Waals surface area contributed by atoms with Gasteiger partial charge in [-0.05, 0) is 18.4 Å². The lowest BCUT2D eigenvalue weighted by molar-refractivity contribution is -0.134. The lowest BCUT2D eigenvalue weighted by atomic mass is 10.0. The molecule has 1 aromatic rings. The smallest absolute Gasteiger partial charge is 0.233 e. The van der Waals surface area contributed by atoms with Crippen molar-refractivity contribution in [2.75, 3.05) is 0 Å². The van der Waals surface area contributed by atoms with Crippen molar-refractivity contribution in [3.8, 4) is 0 Å². The normalized spacial score (nSPS) is 13.7. The van der Waals surface area contributed by atoms with Crippen LogP contribution in [0.1, 0.15) is 38.3 Å². The summed E-state index contributed by atoms with van der Waals surface area (Å²) < 4.78 is 0. The summed E-state index contributed by atoms with van der Waals surface area (Å²) in [6.07, 6.45) is 1.19. The molecule has 0 fully saturated rings. The molecule has 0 bridgehead atoms. The van der Waals surface area contributed by atoms with Gasteiger partial charge < -0.3 is 11.1 Å². The van der Waals surface area contributed by atoms with Gasteiger partial charge in [-0.1, -0.05) is 44.2 Å². The number of hydrogen-bond acceptors (Lipinski definition) is 2. The molecule has 0 heterocycles. The maximum absolute atomic E-state index is 11.9. The summed E-state index contributed by atoms with van der Waals surface area (Å²) in [7, 11) is 0. The highest BCUT2D eigenvalue weighted by molar-refractivity contribution is 5.99. The molecule has 0 saturated heterocycles. The molecule has 2 amide bonds. The molecule has 3 N–H and O–H groups in total. The highest BCUT2D eigenvalue weighted by Gasteiger charge is 2.24. The molecule has 18 heavy (non-hydrogen) atoms. The van der Waals surface area contributed by atoms with Gasteiger partial charge in [-0.3, -0.25) is 9.59 Å². The Hall–Kier alpha value is -1.84. The van der Waals surface area contributed by atoms with E-state index in [0.717, 1.165) is 12.0 Å². The van der Waals surface area contributed by atoms with Gasteiger partial charge in [0.25, 0.3) is 0 Å². The van der Waals surface area contributed by atoms with Crippen LogP contribution in [0.4, 0.5) is 0 Å². The van der Waals surface area contributed by atoms with E-state index >= 15 is 0 Å². The van der Waals surface area contributed by atoms with Crippen LogP contribution in [0.25, 0.3) is 0 Å². The van der Waals surface area contributed by atoms with Gasteiger partial charge in [-0.15, -0.1) is 0 Å². The molecular formula is C14H20N2O2. The summed E-state index contributed by atoms with van der Waals surface area (Å²) in [6, 6.07) is 9.62. The zero-order valence-electron chi connectivity index (χ0n) is 10.8. The van der Waals surface area contributed by atoms with Crippen molar-refractivity contribution in [1.29, 1.82) is 0 Å². The topological polar surface area (TPSA) is 72.2 Å². The van der Waals surface area contributed by atoms with E-state index in [1.54, 1.807) is 6.92 Å². The molecule has 0 spiro atoms. The molecule has 4 heteroatoms. The molecule has 0 aliphatic heterocycles. The van der Waals surface area contributed by atoms with Crippen LogP contribution in [0.15, 0.2) is 30.3 Å². The van der Waals surface area contributed by atoms with Crippen molar-refractivity contribution in [1.82, 2.24) is 5.32 Å². The zero-order chi connectivity index (χ0) is 13.5. The van der Waals surface area contributed by atoms with E-state index in [4.69, 9.17) is 5.73 Å². The third kappa shape index (κ3) is 3.58. The molecule has 0 aromatic heterocycles. The fraction of sp³-hybridized carbons (Fsp3) is 0.429. The molecule has 98 valence electrons. The Labute approximate surface area is 108 Å². The van der Waals surface area contributed by atoms with Gasteiger partial charge in [0, 0.05) is 0 Å². The minimum Gasteiger partial charge on any atom is -0.369 e. The SMILES string of the molecule is CC[C@@H](C(N)=O)C(=O)N[C@H](CC)c1ccccc1. The Balaban J connectivity index is 2.75. The molecule has 0 aliphatic rings. The highest BCUT2D eigenvalue weighted by Crippen LogP contribution is 2.17. The van der Waals surface area contributed by atoms with Crippen LogP contribution < -0.4 is 11.1 Å². The maximum atomic E-state index is 11.9. The summed E-state index contributed by atoms with van der Waals surface area (Å²) in [6.45, 7) is 3.77. The van der Waals surface area contributed by atoms with Crippen LogP contribution in [0.5, 0.6) is 0 Å². The van der Waals surface area contributed by atoms with Gasteiger partial charge in [0.15, 0.2) is 0 Å². The second-order valence-electron chi connectivity index (χ2n) is 4.24. The van der Waals surface area contributed by atoms with Gasteiger partial charge >= 0.3 is 0 Å². The number of benzene rings is 1. The first-order valence-electron chi connectivity index (χ1n) is 6.24. The monoisotopic (exact) mass is 248 g/mol. The quantitative estimate of drug-likeness (QED) is 0.753. The Morgan fingerprint density at radius 1 is 1.17 bits per heavy atom. The second-order valence-corrected chi connectivity index (χ2v) is 4.24. The average molecular weight is 248 g/mol. The van der Waals surface area contributed by atoms with Crippen LogP contribution in [0.2, 0.25) is 0 Å². The van der Waals surface area contributed by atoms with Crippen molar-refractivity contribution in [3.05, 3.63) is 35.9 Å². The van der Waals surface area contributed by atoms with Gasteiger partial charge in [0.1, 0.15) is 5.92 Å². The first-order valence-corrected chi connectivity index (χ1v) is 6.24. The van der Waals surface area contributed by atoms with Crippen molar-refractivity contribution >= 4 is 11.8 Å². The van der Waals surface area contributed by atoms with E-state index in [-0.39, 0.29) is 11.9 Å². The van der Waals surface area contributed by atoms with Gasteiger partial charge in [-0.25, -0.2) is 0 Å². The Morgan fingerprint density at radius 3 is 2.22 bits per heavy atom. The second kappa shape index (κ2) is 6.79. The molecule has 0 radical (unpaired) electrons. The summed E-state index contributed by atoms with van der Waals surface area (Å²) in [5, 5.41) is 2.88. The van der Waals surface area contributed by atoms with Crippen LogP contribution in [0.3, 0.4) is 0 Å². The van der Waals surface area contributed by atoms with Gasteiger partial charge in [-0.2, -0.15) is 0 Å². The summed E-state index contributed by atoms with van der Waals surface area (Å²) in [5.74, 6) is -1.61. The van der Waals surface area contributed by atoms with Crippen molar-refractivity contribution in [2.24, 2.45) is 11.7 Å². The largest absolute Gasteiger partial charge is 0.369 e. The Morgan fingerprint density at radius 2 is 1.78 bits per heavy atom. The third-order valence-electron chi connectivity index (χ3n) is 2.99. The van der Waals surface area contributed by atoms with Crippen LogP contribution in [-0.4, -0.2) is 11.8 Å². The number of nitrogens with one attached hydrogen (secondary N) is 1. The molecule has 0 aliphatic carbocycles. The van der Waals surface area contributed by atoms with Gasteiger partial charge in [0.05, 0.1) is 6.04 Å². The standard InChI is InChI=1S/C14H20N2O2/c1-3-11(13(15)17)14(18)16-12(4-2)10-8-6-5-7-9-10/h5-9,11-12H,3-4H2,1-2H3,(H2,15,17)(H,16,18)/t11-,12+/m0/s1. The number of hydrogen-bond donors (Lipinski definition) is 2.